The Morgan fingerprint density at radius 3 is 2.79 bits per heavy atom. The van der Waals surface area contributed by atoms with Crippen molar-refractivity contribution in [2.24, 2.45) is 5.92 Å². The third-order valence-corrected chi connectivity index (χ3v) is 2.37. The zero-order valence-corrected chi connectivity index (χ0v) is 8.82. The van der Waals surface area contributed by atoms with E-state index in [1.165, 1.54) is 0 Å². The molecule has 0 spiro atoms. The Balaban J connectivity index is 2.37. The van der Waals surface area contributed by atoms with Crippen molar-refractivity contribution >= 4 is 5.97 Å². The van der Waals surface area contributed by atoms with Gasteiger partial charge in [0, 0.05) is 12.6 Å². The Bertz CT molecular complexity index is 188. The number of carboxylic acid groups (broad SMARTS) is 1. The van der Waals surface area contributed by atoms with Gasteiger partial charge in [-0.3, -0.25) is 10.1 Å². The summed E-state index contributed by atoms with van der Waals surface area (Å²) >= 11 is 0. The summed E-state index contributed by atoms with van der Waals surface area (Å²) < 4.78 is 5.19. The van der Waals surface area contributed by atoms with Crippen molar-refractivity contribution < 1.29 is 14.6 Å². The molecule has 0 aromatic heterocycles. The van der Waals surface area contributed by atoms with Gasteiger partial charge in [0.25, 0.3) is 0 Å². The smallest absolute Gasteiger partial charge is 0.320 e. The van der Waals surface area contributed by atoms with E-state index in [9.17, 15) is 4.79 Å². The Kier molecular flexibility index (Phi) is 4.35. The third kappa shape index (κ3) is 3.64. The molecule has 4 heteroatoms. The molecule has 1 rings (SSSR count). The van der Waals surface area contributed by atoms with Crippen LogP contribution >= 0.6 is 0 Å². The molecular weight excluding hydrogens is 182 g/mol. The van der Waals surface area contributed by atoms with Crippen LogP contribution in [0, 0.1) is 5.92 Å². The molecule has 14 heavy (non-hydrogen) atoms. The molecule has 0 aromatic carbocycles. The number of hydrogen-bond donors (Lipinski definition) is 2. The van der Waals surface area contributed by atoms with Crippen LogP contribution < -0.4 is 5.32 Å². The van der Waals surface area contributed by atoms with Gasteiger partial charge in [-0.15, -0.1) is 0 Å². The fraction of sp³-hybridized carbons (Fsp3) is 0.900. The molecular formula is C10H19NO3. The Morgan fingerprint density at radius 2 is 2.36 bits per heavy atom. The molecule has 1 fully saturated rings. The van der Waals surface area contributed by atoms with E-state index >= 15 is 0 Å². The van der Waals surface area contributed by atoms with Crippen molar-refractivity contribution in [2.45, 2.75) is 38.8 Å². The van der Waals surface area contributed by atoms with Crippen LogP contribution in [0.4, 0.5) is 0 Å². The molecule has 0 amide bonds. The van der Waals surface area contributed by atoms with Crippen molar-refractivity contribution in [3.8, 4) is 0 Å². The van der Waals surface area contributed by atoms with Crippen LogP contribution in [0.5, 0.6) is 0 Å². The van der Waals surface area contributed by atoms with E-state index in [0.29, 0.717) is 18.9 Å². The molecule has 1 heterocycles. The average molecular weight is 201 g/mol. The molecule has 2 unspecified atom stereocenters. The summed E-state index contributed by atoms with van der Waals surface area (Å²) in [6, 6.07) is -0.212. The molecule has 0 bridgehead atoms. The summed E-state index contributed by atoms with van der Waals surface area (Å²) in [5.74, 6) is -0.364. The molecule has 0 radical (unpaired) electrons. The molecule has 0 aliphatic carbocycles. The molecule has 4 nitrogen and oxygen atoms in total. The van der Waals surface area contributed by atoms with Gasteiger partial charge in [0.2, 0.25) is 0 Å². The van der Waals surface area contributed by atoms with E-state index in [2.05, 4.69) is 5.32 Å². The summed E-state index contributed by atoms with van der Waals surface area (Å²) in [7, 11) is 0. The fourth-order valence-corrected chi connectivity index (χ4v) is 1.66. The van der Waals surface area contributed by atoms with Gasteiger partial charge in [0.15, 0.2) is 0 Å². The van der Waals surface area contributed by atoms with Gasteiger partial charge in [-0.1, -0.05) is 13.8 Å². The second-order valence-corrected chi connectivity index (χ2v) is 4.25. The first-order valence-corrected chi connectivity index (χ1v) is 5.16. The summed E-state index contributed by atoms with van der Waals surface area (Å²) in [6.45, 7) is 5.44. The number of carbonyl (C=O) groups is 1. The van der Waals surface area contributed by atoms with E-state index in [1.807, 2.05) is 13.8 Å². The van der Waals surface area contributed by atoms with E-state index < -0.39 is 12.0 Å². The van der Waals surface area contributed by atoms with Crippen LogP contribution in [0.3, 0.4) is 0 Å². The first-order valence-electron chi connectivity index (χ1n) is 5.16. The highest BCUT2D eigenvalue weighted by Crippen LogP contribution is 2.09. The normalized spacial score (nSPS) is 24.1. The second kappa shape index (κ2) is 5.32. The number of nitrogens with one attached hydrogen (secondary N) is 1. The van der Waals surface area contributed by atoms with Crippen molar-refractivity contribution in [3.63, 3.8) is 0 Å². The molecule has 0 aromatic rings. The highest BCUT2D eigenvalue weighted by Gasteiger charge is 2.24. The van der Waals surface area contributed by atoms with E-state index in [4.69, 9.17) is 9.84 Å². The van der Waals surface area contributed by atoms with Gasteiger partial charge in [-0.25, -0.2) is 0 Å². The monoisotopic (exact) mass is 201 g/mol. The van der Waals surface area contributed by atoms with Crippen molar-refractivity contribution in [1.29, 1.82) is 0 Å². The fourth-order valence-electron chi connectivity index (χ4n) is 1.66. The van der Waals surface area contributed by atoms with Gasteiger partial charge >= 0.3 is 5.97 Å². The highest BCUT2D eigenvalue weighted by molar-refractivity contribution is 5.73. The van der Waals surface area contributed by atoms with Crippen LogP contribution in [-0.4, -0.2) is 36.4 Å². The zero-order chi connectivity index (χ0) is 10.6. The van der Waals surface area contributed by atoms with Gasteiger partial charge in [0.1, 0.15) is 6.04 Å². The quantitative estimate of drug-likeness (QED) is 0.692. The van der Waals surface area contributed by atoms with Gasteiger partial charge in [-0.05, 0) is 18.8 Å². The first-order chi connectivity index (χ1) is 6.59. The number of ether oxygens (including phenoxy) is 1. The van der Waals surface area contributed by atoms with Crippen LogP contribution in [0.1, 0.15) is 26.7 Å². The first kappa shape index (κ1) is 11.5. The lowest BCUT2D eigenvalue weighted by Gasteiger charge is -2.19. The van der Waals surface area contributed by atoms with Crippen LogP contribution in [0.2, 0.25) is 0 Å². The molecule has 1 saturated heterocycles. The van der Waals surface area contributed by atoms with Crippen LogP contribution in [-0.2, 0) is 9.53 Å². The molecule has 0 saturated carbocycles. The predicted molar refractivity (Wildman–Crippen MR) is 53.2 cm³/mol. The number of hydrogen-bond acceptors (Lipinski definition) is 3. The second-order valence-electron chi connectivity index (χ2n) is 4.25. The standard InChI is InChI=1S/C10H19NO3/c1-7(2)5-9(10(12)13)11-8-3-4-14-6-8/h7-9,11H,3-6H2,1-2H3,(H,12,13). The summed E-state index contributed by atoms with van der Waals surface area (Å²) in [4.78, 5) is 10.9. The lowest BCUT2D eigenvalue weighted by Crippen LogP contribution is -2.44. The number of aliphatic carboxylic acids is 1. The Hall–Kier alpha value is -0.610. The van der Waals surface area contributed by atoms with Gasteiger partial charge in [-0.2, -0.15) is 0 Å². The maximum atomic E-state index is 10.9. The van der Waals surface area contributed by atoms with Crippen LogP contribution in [0.15, 0.2) is 0 Å². The largest absolute Gasteiger partial charge is 0.480 e. The topological polar surface area (TPSA) is 58.6 Å². The maximum Gasteiger partial charge on any atom is 0.320 e. The van der Waals surface area contributed by atoms with Crippen molar-refractivity contribution in [2.75, 3.05) is 13.2 Å². The average Bonchev–Trinajstić information content (AvgIpc) is 2.54. The van der Waals surface area contributed by atoms with Crippen molar-refractivity contribution in [1.82, 2.24) is 5.32 Å². The minimum atomic E-state index is -0.759. The third-order valence-electron chi connectivity index (χ3n) is 2.37. The van der Waals surface area contributed by atoms with E-state index in [0.717, 1.165) is 13.0 Å². The SMILES string of the molecule is CC(C)CC(NC1CCOC1)C(=O)O. The summed E-state index contributed by atoms with van der Waals surface area (Å²) in [6.07, 6.45) is 1.59. The summed E-state index contributed by atoms with van der Waals surface area (Å²) in [5, 5.41) is 12.1. The molecule has 1 aliphatic rings. The number of rotatable bonds is 5. The Morgan fingerprint density at radius 1 is 1.64 bits per heavy atom. The van der Waals surface area contributed by atoms with E-state index in [1.54, 1.807) is 0 Å². The molecule has 82 valence electrons. The predicted octanol–water partition coefficient (Wildman–Crippen LogP) is 0.864. The minimum Gasteiger partial charge on any atom is -0.480 e. The van der Waals surface area contributed by atoms with Crippen molar-refractivity contribution in [3.05, 3.63) is 0 Å². The maximum absolute atomic E-state index is 10.9. The minimum absolute atomic E-state index is 0.217. The summed E-state index contributed by atoms with van der Waals surface area (Å²) in [5.41, 5.74) is 0. The lowest BCUT2D eigenvalue weighted by molar-refractivity contribution is -0.140. The highest BCUT2D eigenvalue weighted by atomic mass is 16.5. The van der Waals surface area contributed by atoms with Gasteiger partial charge < -0.3 is 9.84 Å². The number of carboxylic acids is 1. The molecule has 2 atom stereocenters. The lowest BCUT2D eigenvalue weighted by atomic mass is 10.0. The van der Waals surface area contributed by atoms with Crippen LogP contribution in [0.25, 0.3) is 0 Å². The van der Waals surface area contributed by atoms with E-state index in [-0.39, 0.29) is 6.04 Å². The Labute approximate surface area is 84.6 Å². The molecule has 2 N–H and O–H groups in total. The van der Waals surface area contributed by atoms with Gasteiger partial charge in [0.05, 0.1) is 6.61 Å². The zero-order valence-electron chi connectivity index (χ0n) is 8.82. The molecule has 1 aliphatic heterocycles.